The van der Waals surface area contributed by atoms with Gasteiger partial charge in [-0.05, 0) is 53.9 Å². The molecule has 7 nitrogen and oxygen atoms in total. The number of nitrogens with one attached hydrogen (secondary N) is 1. The van der Waals surface area contributed by atoms with Crippen molar-refractivity contribution in [3.8, 4) is 17.2 Å². The number of aromatic nitrogens is 2. The average Bonchev–Trinajstić information content (AvgIpc) is 3.39. The molecule has 32 heavy (non-hydrogen) atoms. The summed E-state index contributed by atoms with van der Waals surface area (Å²) in [6, 6.07) is 13.5. The third-order valence-electron chi connectivity index (χ3n) is 6.21. The van der Waals surface area contributed by atoms with Gasteiger partial charge in [0.15, 0.2) is 0 Å². The van der Waals surface area contributed by atoms with Gasteiger partial charge in [0.1, 0.15) is 11.2 Å². The number of rotatable bonds is 6. The van der Waals surface area contributed by atoms with E-state index in [1.165, 1.54) is 11.5 Å². The lowest BCUT2D eigenvalue weighted by atomic mass is 9.83. The first-order chi connectivity index (χ1) is 15.6. The zero-order chi connectivity index (χ0) is 22.1. The molecular weight excluding hydrogens is 422 g/mol. The highest BCUT2D eigenvalue weighted by Crippen LogP contribution is 2.51. The number of carbonyl (C=O) groups excluding carboxylic acids is 2. The Morgan fingerprint density at radius 2 is 2.16 bits per heavy atom. The molecule has 0 spiro atoms. The molecule has 1 aliphatic carbocycles. The first-order valence-corrected chi connectivity index (χ1v) is 11.4. The van der Waals surface area contributed by atoms with Crippen LogP contribution in [0.2, 0.25) is 0 Å². The molecule has 2 amide bonds. The van der Waals surface area contributed by atoms with Crippen LogP contribution in [0.5, 0.6) is 0 Å². The highest BCUT2D eigenvalue weighted by atomic mass is 32.1. The fourth-order valence-corrected chi connectivity index (χ4v) is 4.92. The molecule has 1 saturated carbocycles. The minimum absolute atomic E-state index is 0.134. The molecule has 0 radical (unpaired) electrons. The van der Waals surface area contributed by atoms with Gasteiger partial charge < -0.3 is 10.2 Å². The monoisotopic (exact) mass is 443 g/mol. The van der Waals surface area contributed by atoms with Gasteiger partial charge in [-0.3, -0.25) is 9.59 Å². The van der Waals surface area contributed by atoms with Crippen molar-refractivity contribution >= 4 is 34.9 Å². The Labute approximate surface area is 189 Å². The molecule has 5 rings (SSSR count). The third-order valence-corrected chi connectivity index (χ3v) is 6.80. The molecule has 1 aliphatic heterocycles. The van der Waals surface area contributed by atoms with Crippen molar-refractivity contribution in [3.63, 3.8) is 0 Å². The molecule has 3 aromatic rings. The number of anilines is 2. The molecule has 160 valence electrons. The number of benzene rings is 1. The molecule has 0 unspecified atom stereocenters. The molecule has 2 aromatic heterocycles. The summed E-state index contributed by atoms with van der Waals surface area (Å²) in [5.74, 6) is 0.240. The molecule has 3 heterocycles. The molecule has 2 fully saturated rings. The number of amides is 2. The smallest absolute Gasteiger partial charge is 0.247 e. The maximum Gasteiger partial charge on any atom is 0.247 e. The van der Waals surface area contributed by atoms with E-state index >= 15 is 0 Å². The molecule has 1 saturated heterocycles. The zero-order valence-corrected chi connectivity index (χ0v) is 18.1. The van der Waals surface area contributed by atoms with Crippen molar-refractivity contribution in [2.75, 3.05) is 16.8 Å². The standard InChI is InChI=1S/C24H21N5O2S/c25-15-24(19-4-5-19)7-9-29(23(24)31)20-6-8-26-21(12-20)28-22(30)11-16-2-1-3-17(10-16)18-13-27-32-14-18/h1-3,6,8,10,12-14,19H,4-5,7,9,11H2,(H,26,28,30)/t24-/m1/s1. The Hall–Kier alpha value is -3.57. The maximum absolute atomic E-state index is 13.0. The van der Waals surface area contributed by atoms with Crippen LogP contribution in [0.15, 0.2) is 54.2 Å². The maximum atomic E-state index is 13.0. The van der Waals surface area contributed by atoms with E-state index in [9.17, 15) is 14.9 Å². The van der Waals surface area contributed by atoms with Gasteiger partial charge in [0.2, 0.25) is 11.8 Å². The second kappa shape index (κ2) is 8.17. The Bertz CT molecular complexity index is 1220. The Morgan fingerprint density at radius 3 is 2.91 bits per heavy atom. The van der Waals surface area contributed by atoms with E-state index < -0.39 is 5.41 Å². The van der Waals surface area contributed by atoms with Gasteiger partial charge in [-0.15, -0.1) is 0 Å². The van der Waals surface area contributed by atoms with Crippen molar-refractivity contribution in [3.05, 3.63) is 59.7 Å². The Balaban J connectivity index is 1.28. The summed E-state index contributed by atoms with van der Waals surface area (Å²) < 4.78 is 4.13. The van der Waals surface area contributed by atoms with E-state index in [1.807, 2.05) is 35.8 Å². The number of hydrogen-bond acceptors (Lipinski definition) is 6. The van der Waals surface area contributed by atoms with Crippen molar-refractivity contribution in [1.82, 2.24) is 9.36 Å². The zero-order valence-electron chi connectivity index (χ0n) is 17.3. The molecule has 0 bridgehead atoms. The predicted octanol–water partition coefficient (Wildman–Crippen LogP) is 4.04. The van der Waals surface area contributed by atoms with Crippen LogP contribution in [0.1, 0.15) is 24.8 Å². The lowest BCUT2D eigenvalue weighted by molar-refractivity contribution is -0.123. The van der Waals surface area contributed by atoms with Gasteiger partial charge in [0.05, 0.1) is 12.5 Å². The lowest BCUT2D eigenvalue weighted by Crippen LogP contribution is -2.35. The van der Waals surface area contributed by atoms with E-state index in [4.69, 9.17) is 0 Å². The fourth-order valence-electron chi connectivity index (χ4n) is 4.37. The van der Waals surface area contributed by atoms with Crippen LogP contribution in [0.4, 0.5) is 11.5 Å². The summed E-state index contributed by atoms with van der Waals surface area (Å²) in [5, 5.41) is 14.5. The van der Waals surface area contributed by atoms with Crippen LogP contribution in [0.25, 0.3) is 11.1 Å². The second-order valence-electron chi connectivity index (χ2n) is 8.30. The van der Waals surface area contributed by atoms with Gasteiger partial charge in [-0.1, -0.05) is 24.3 Å². The Kier molecular flexibility index (Phi) is 5.19. The second-order valence-corrected chi connectivity index (χ2v) is 8.96. The fraction of sp³-hybridized carbons (Fsp3) is 0.292. The highest BCUT2D eigenvalue weighted by Gasteiger charge is 2.56. The SMILES string of the molecule is N#C[C@@]1(C2CC2)CCN(c2ccnc(NC(=O)Cc3cccc(-c4cnsc4)c3)c2)C1=O. The van der Waals surface area contributed by atoms with Gasteiger partial charge >= 0.3 is 0 Å². The van der Waals surface area contributed by atoms with Crippen molar-refractivity contribution < 1.29 is 9.59 Å². The largest absolute Gasteiger partial charge is 0.311 e. The lowest BCUT2D eigenvalue weighted by Gasteiger charge is -2.21. The Morgan fingerprint density at radius 1 is 1.28 bits per heavy atom. The van der Waals surface area contributed by atoms with Crippen molar-refractivity contribution in [1.29, 1.82) is 5.26 Å². The van der Waals surface area contributed by atoms with E-state index in [1.54, 1.807) is 23.2 Å². The van der Waals surface area contributed by atoms with Crippen LogP contribution >= 0.6 is 11.5 Å². The predicted molar refractivity (Wildman–Crippen MR) is 122 cm³/mol. The average molecular weight is 444 g/mol. The molecule has 1 aromatic carbocycles. The van der Waals surface area contributed by atoms with Crippen LogP contribution in [0, 0.1) is 22.7 Å². The number of hydrogen-bond donors (Lipinski definition) is 1. The topological polar surface area (TPSA) is 99.0 Å². The van der Waals surface area contributed by atoms with Crippen LogP contribution in [0.3, 0.4) is 0 Å². The van der Waals surface area contributed by atoms with Crippen LogP contribution < -0.4 is 10.2 Å². The summed E-state index contributed by atoms with van der Waals surface area (Å²) in [7, 11) is 0. The van der Waals surface area contributed by atoms with Gasteiger partial charge in [-0.2, -0.15) is 5.26 Å². The van der Waals surface area contributed by atoms with Gasteiger partial charge in [0.25, 0.3) is 0 Å². The van der Waals surface area contributed by atoms with E-state index in [2.05, 4.69) is 20.7 Å². The molecule has 8 heteroatoms. The molecule has 1 N–H and O–H groups in total. The first-order valence-electron chi connectivity index (χ1n) is 10.6. The van der Waals surface area contributed by atoms with Gasteiger partial charge in [-0.25, -0.2) is 9.36 Å². The summed E-state index contributed by atoms with van der Waals surface area (Å²) >= 11 is 1.39. The quantitative estimate of drug-likeness (QED) is 0.620. The molecule has 1 atom stereocenters. The van der Waals surface area contributed by atoms with E-state index in [-0.39, 0.29) is 24.2 Å². The van der Waals surface area contributed by atoms with E-state index in [0.717, 1.165) is 29.5 Å². The van der Waals surface area contributed by atoms with Crippen LogP contribution in [-0.4, -0.2) is 27.7 Å². The van der Waals surface area contributed by atoms with Crippen LogP contribution in [-0.2, 0) is 16.0 Å². The summed E-state index contributed by atoms with van der Waals surface area (Å²) in [6.07, 6.45) is 6.02. The van der Waals surface area contributed by atoms with Gasteiger partial charge in [0, 0.05) is 41.6 Å². The number of carbonyl (C=O) groups is 2. The normalized spacial score (nSPS) is 20.2. The minimum Gasteiger partial charge on any atom is -0.311 e. The van der Waals surface area contributed by atoms with Crippen molar-refractivity contribution in [2.24, 2.45) is 11.3 Å². The number of nitriles is 1. The van der Waals surface area contributed by atoms with Crippen molar-refractivity contribution in [2.45, 2.75) is 25.7 Å². The minimum atomic E-state index is -0.893. The number of nitrogens with zero attached hydrogens (tertiary/aromatic N) is 4. The number of pyridine rings is 1. The summed E-state index contributed by atoms with van der Waals surface area (Å²) in [6.45, 7) is 0.504. The molecule has 2 aliphatic rings. The first kappa shape index (κ1) is 20.3. The van der Waals surface area contributed by atoms with E-state index in [0.29, 0.717) is 24.5 Å². The highest BCUT2D eigenvalue weighted by molar-refractivity contribution is 7.03. The summed E-state index contributed by atoms with van der Waals surface area (Å²) in [4.78, 5) is 31.6. The third kappa shape index (κ3) is 3.76. The summed E-state index contributed by atoms with van der Waals surface area (Å²) in [5.41, 5.74) is 2.70. The molecular formula is C24H21N5O2S.